The van der Waals surface area contributed by atoms with Gasteiger partial charge in [0.2, 0.25) is 5.95 Å². The van der Waals surface area contributed by atoms with Gasteiger partial charge >= 0.3 is 5.00 Å². The highest BCUT2D eigenvalue weighted by atomic mass is 32.1. The van der Waals surface area contributed by atoms with Crippen LogP contribution in [0.4, 0.5) is 10.8 Å². The number of nitriles is 1. The van der Waals surface area contributed by atoms with Crippen LogP contribution in [-0.2, 0) is 4.84 Å². The maximum Gasteiger partial charge on any atom is 0.324 e. The summed E-state index contributed by atoms with van der Waals surface area (Å²) >= 11 is 0.730. The van der Waals surface area contributed by atoms with Crippen molar-refractivity contribution in [3.05, 3.63) is 87.2 Å². The van der Waals surface area contributed by atoms with Crippen molar-refractivity contribution in [2.24, 2.45) is 0 Å². The molecule has 39 heavy (non-hydrogen) atoms. The van der Waals surface area contributed by atoms with Crippen molar-refractivity contribution in [3.63, 3.8) is 0 Å². The minimum atomic E-state index is -0.602. The predicted octanol–water partition coefficient (Wildman–Crippen LogP) is 3.33. The molecule has 4 heterocycles. The largest absolute Gasteiger partial charge is 0.324 e. The molecule has 0 radical (unpaired) electrons. The van der Waals surface area contributed by atoms with E-state index in [1.807, 2.05) is 0 Å². The summed E-state index contributed by atoms with van der Waals surface area (Å²) in [5.74, 6) is -0.779. The van der Waals surface area contributed by atoms with Crippen molar-refractivity contribution in [1.82, 2.24) is 29.4 Å². The van der Waals surface area contributed by atoms with Crippen LogP contribution in [-0.4, -0.2) is 60.3 Å². The van der Waals surface area contributed by atoms with Crippen LogP contribution in [0.1, 0.15) is 25.6 Å². The zero-order valence-corrected chi connectivity index (χ0v) is 21.1. The summed E-state index contributed by atoms with van der Waals surface area (Å²) in [4.78, 5) is 50.2. The molecule has 5 aromatic rings. The van der Waals surface area contributed by atoms with Gasteiger partial charge in [-0.3, -0.25) is 29.1 Å². The Morgan fingerprint density at radius 2 is 1.95 bits per heavy atom. The van der Waals surface area contributed by atoms with E-state index in [4.69, 9.17) is 10.1 Å². The molecule has 0 aliphatic heterocycles. The number of carbonyl (C=O) groups is 2. The van der Waals surface area contributed by atoms with Crippen LogP contribution in [0.3, 0.4) is 0 Å². The monoisotopic (exact) mass is 543 g/mol. The molecule has 194 valence electrons. The maximum atomic E-state index is 13.0. The standard InChI is InChI=1S/C24H17N9O5S/c1-30(38-2)23(35)15-9-10-31(13-15)24-28-20(27-22(34)18-7-8-19(39-18)33(36)37)17-12-26-32(21(17)29-24)16-5-3-14(11-25)4-6-16/h3-10,12-13H,1-2H3,(H,27,28,29,34). The Kier molecular flexibility index (Phi) is 6.54. The summed E-state index contributed by atoms with van der Waals surface area (Å²) < 4.78 is 3.01. The molecule has 1 aromatic carbocycles. The van der Waals surface area contributed by atoms with E-state index in [1.54, 1.807) is 36.5 Å². The van der Waals surface area contributed by atoms with Gasteiger partial charge in [0, 0.05) is 25.5 Å². The molecule has 0 saturated heterocycles. The molecule has 14 nitrogen and oxygen atoms in total. The maximum absolute atomic E-state index is 13.0. The second-order valence-corrected chi connectivity index (χ2v) is 9.03. The van der Waals surface area contributed by atoms with Gasteiger partial charge in [0.1, 0.15) is 5.82 Å². The number of hydrogen-bond donors (Lipinski definition) is 1. The van der Waals surface area contributed by atoms with Crippen molar-refractivity contribution in [2.75, 3.05) is 19.5 Å². The lowest BCUT2D eigenvalue weighted by Gasteiger charge is -2.12. The SMILES string of the molecule is CON(C)C(=O)c1ccn(-c2nc(NC(=O)c3ccc([N+](=O)[O-])s3)c3cnn(-c4ccc(C#N)cc4)c3n2)c1. The van der Waals surface area contributed by atoms with Crippen LogP contribution in [0.5, 0.6) is 0 Å². The number of benzene rings is 1. The zero-order chi connectivity index (χ0) is 27.7. The topological polar surface area (TPSA) is 174 Å². The van der Waals surface area contributed by atoms with Crippen molar-refractivity contribution < 1.29 is 19.3 Å². The first-order valence-corrected chi connectivity index (χ1v) is 11.9. The summed E-state index contributed by atoms with van der Waals surface area (Å²) in [7, 11) is 2.84. The van der Waals surface area contributed by atoms with Gasteiger partial charge in [0.05, 0.1) is 51.4 Å². The Morgan fingerprint density at radius 1 is 1.18 bits per heavy atom. The van der Waals surface area contributed by atoms with E-state index < -0.39 is 16.7 Å². The number of hydrogen-bond acceptors (Lipinski definition) is 10. The Balaban J connectivity index is 1.61. The number of nitro groups is 1. The fraction of sp³-hybridized carbons (Fsp3) is 0.0833. The molecule has 15 heteroatoms. The highest BCUT2D eigenvalue weighted by Crippen LogP contribution is 2.28. The Labute approximate surface area is 223 Å². The quantitative estimate of drug-likeness (QED) is 0.238. The number of hydroxylamine groups is 2. The molecule has 2 amide bonds. The van der Waals surface area contributed by atoms with Crippen LogP contribution < -0.4 is 5.32 Å². The highest BCUT2D eigenvalue weighted by Gasteiger charge is 2.21. The summed E-state index contributed by atoms with van der Waals surface area (Å²) in [6.45, 7) is 0. The number of fused-ring (bicyclic) bond motifs is 1. The van der Waals surface area contributed by atoms with Gasteiger partial charge in [-0.1, -0.05) is 11.3 Å². The van der Waals surface area contributed by atoms with Crippen LogP contribution in [0.15, 0.2) is 61.1 Å². The molecule has 0 unspecified atom stereocenters. The molecule has 0 fully saturated rings. The molecule has 0 aliphatic carbocycles. The highest BCUT2D eigenvalue weighted by molar-refractivity contribution is 7.17. The number of nitrogens with one attached hydrogen (secondary N) is 1. The number of rotatable bonds is 7. The molecule has 0 bridgehead atoms. The Bertz CT molecular complexity index is 1780. The third-order valence-corrected chi connectivity index (χ3v) is 6.65. The van der Waals surface area contributed by atoms with E-state index in [0.717, 1.165) is 16.4 Å². The van der Waals surface area contributed by atoms with E-state index in [0.29, 0.717) is 27.8 Å². The normalized spacial score (nSPS) is 10.8. The molecule has 0 spiro atoms. The summed E-state index contributed by atoms with van der Waals surface area (Å²) in [6.07, 6.45) is 4.56. The lowest BCUT2D eigenvalue weighted by Crippen LogP contribution is -2.24. The number of aromatic nitrogens is 5. The molecular formula is C24H17N9O5S. The fourth-order valence-electron chi connectivity index (χ4n) is 3.60. The fourth-order valence-corrected chi connectivity index (χ4v) is 4.32. The second kappa shape index (κ2) is 10.1. The molecular weight excluding hydrogens is 526 g/mol. The molecule has 4 aromatic heterocycles. The van der Waals surface area contributed by atoms with E-state index in [1.165, 1.54) is 47.9 Å². The van der Waals surface area contributed by atoms with E-state index in [2.05, 4.69) is 26.5 Å². The summed E-state index contributed by atoms with van der Waals surface area (Å²) in [5, 5.41) is 28.6. The molecule has 5 rings (SSSR count). The van der Waals surface area contributed by atoms with Crippen LogP contribution in [0.25, 0.3) is 22.7 Å². The molecule has 0 aliphatic rings. The third-order valence-electron chi connectivity index (χ3n) is 5.62. The Hall–Kier alpha value is -5.46. The van der Waals surface area contributed by atoms with Crippen molar-refractivity contribution in [3.8, 4) is 17.7 Å². The first-order chi connectivity index (χ1) is 18.8. The minimum absolute atomic E-state index is 0.103. The van der Waals surface area contributed by atoms with Gasteiger partial charge < -0.3 is 5.32 Å². The zero-order valence-electron chi connectivity index (χ0n) is 20.3. The van der Waals surface area contributed by atoms with Crippen molar-refractivity contribution in [1.29, 1.82) is 5.26 Å². The lowest BCUT2D eigenvalue weighted by molar-refractivity contribution is -0.380. The van der Waals surface area contributed by atoms with E-state index >= 15 is 0 Å². The van der Waals surface area contributed by atoms with Gasteiger partial charge in [0.15, 0.2) is 5.65 Å². The van der Waals surface area contributed by atoms with Gasteiger partial charge in [-0.05, 0) is 36.4 Å². The lowest BCUT2D eigenvalue weighted by atomic mass is 10.2. The smallest absolute Gasteiger partial charge is 0.305 e. The van der Waals surface area contributed by atoms with Crippen LogP contribution in [0.2, 0.25) is 0 Å². The van der Waals surface area contributed by atoms with Gasteiger partial charge in [0.25, 0.3) is 11.8 Å². The van der Waals surface area contributed by atoms with Crippen LogP contribution in [0, 0.1) is 21.4 Å². The van der Waals surface area contributed by atoms with Crippen molar-refractivity contribution >= 4 is 45.0 Å². The predicted molar refractivity (Wildman–Crippen MR) is 139 cm³/mol. The molecule has 0 atom stereocenters. The van der Waals surface area contributed by atoms with Gasteiger partial charge in [-0.25, -0.2) is 9.75 Å². The van der Waals surface area contributed by atoms with Crippen LogP contribution >= 0.6 is 11.3 Å². The summed E-state index contributed by atoms with van der Waals surface area (Å²) in [6, 6.07) is 12.9. The number of thiophene rings is 1. The number of anilines is 1. The third kappa shape index (κ3) is 4.80. The number of nitrogens with zero attached hydrogens (tertiary/aromatic N) is 8. The van der Waals surface area contributed by atoms with Gasteiger partial charge in [-0.2, -0.15) is 20.3 Å². The Morgan fingerprint density at radius 3 is 2.62 bits per heavy atom. The van der Waals surface area contributed by atoms with E-state index in [9.17, 15) is 19.7 Å². The molecule has 1 N–H and O–H groups in total. The number of carbonyl (C=O) groups excluding carboxylic acids is 2. The van der Waals surface area contributed by atoms with E-state index in [-0.39, 0.29) is 21.6 Å². The first-order valence-electron chi connectivity index (χ1n) is 11.1. The second-order valence-electron chi connectivity index (χ2n) is 7.97. The molecule has 0 saturated carbocycles. The number of amides is 2. The first kappa shape index (κ1) is 25.2. The summed E-state index contributed by atoms with van der Waals surface area (Å²) in [5.41, 5.74) is 1.70. The minimum Gasteiger partial charge on any atom is -0.305 e. The average molecular weight is 544 g/mol. The van der Waals surface area contributed by atoms with Crippen molar-refractivity contribution in [2.45, 2.75) is 0 Å². The van der Waals surface area contributed by atoms with Gasteiger partial charge in [-0.15, -0.1) is 0 Å². The average Bonchev–Trinajstić information content (AvgIpc) is 3.72.